The first-order valence-electron chi connectivity index (χ1n) is 10.3. The van der Waals surface area contributed by atoms with Crippen molar-refractivity contribution >= 4 is 34.3 Å². The summed E-state index contributed by atoms with van der Waals surface area (Å²) in [6, 6.07) is 12.0. The van der Waals surface area contributed by atoms with Crippen LogP contribution in [0.25, 0.3) is 22.5 Å². The standard InChI is InChI=1S/C23H24N6O3/c1-4-24-23(31)27-16-8-5-7-15(11-16)26-22(30)17-12-19(20-9-6-10-32-20)28-21-18(17)13-25-29(21)14(2)3/h5-14H,4H2,1-3H3,(H,26,30)(H2,24,27,31). The Balaban J connectivity index is 1.69. The van der Waals surface area contributed by atoms with Crippen LogP contribution in [0.2, 0.25) is 0 Å². The van der Waals surface area contributed by atoms with E-state index in [0.717, 1.165) is 0 Å². The smallest absolute Gasteiger partial charge is 0.319 e. The molecule has 0 radical (unpaired) electrons. The van der Waals surface area contributed by atoms with Crippen molar-refractivity contribution in [2.75, 3.05) is 17.2 Å². The Kier molecular flexibility index (Phi) is 5.89. The number of amides is 3. The lowest BCUT2D eigenvalue weighted by Gasteiger charge is -2.11. The molecule has 3 amide bonds. The van der Waals surface area contributed by atoms with Gasteiger partial charge < -0.3 is 20.4 Å². The maximum absolute atomic E-state index is 13.3. The summed E-state index contributed by atoms with van der Waals surface area (Å²) in [6.07, 6.45) is 3.21. The van der Waals surface area contributed by atoms with Gasteiger partial charge >= 0.3 is 6.03 Å². The molecule has 32 heavy (non-hydrogen) atoms. The van der Waals surface area contributed by atoms with Gasteiger partial charge in [0.25, 0.3) is 5.91 Å². The summed E-state index contributed by atoms with van der Waals surface area (Å²) in [5, 5.41) is 13.4. The number of hydrogen-bond acceptors (Lipinski definition) is 5. The highest BCUT2D eigenvalue weighted by atomic mass is 16.3. The molecule has 3 N–H and O–H groups in total. The van der Waals surface area contributed by atoms with Gasteiger partial charge in [-0.1, -0.05) is 6.07 Å². The lowest BCUT2D eigenvalue weighted by atomic mass is 10.1. The lowest BCUT2D eigenvalue weighted by molar-refractivity contribution is 0.102. The number of carbonyl (C=O) groups is 2. The van der Waals surface area contributed by atoms with E-state index in [4.69, 9.17) is 4.42 Å². The van der Waals surface area contributed by atoms with Crippen molar-refractivity contribution in [2.24, 2.45) is 0 Å². The molecule has 0 bridgehead atoms. The quantitative estimate of drug-likeness (QED) is 0.410. The number of aromatic nitrogens is 3. The van der Waals surface area contributed by atoms with Crippen LogP contribution in [0.1, 0.15) is 37.2 Å². The first kappa shape index (κ1) is 21.1. The van der Waals surface area contributed by atoms with Crippen molar-refractivity contribution in [3.63, 3.8) is 0 Å². The number of anilines is 2. The zero-order valence-corrected chi connectivity index (χ0v) is 18.0. The fourth-order valence-electron chi connectivity index (χ4n) is 3.34. The highest BCUT2D eigenvalue weighted by Crippen LogP contribution is 2.27. The Morgan fingerprint density at radius 2 is 1.88 bits per heavy atom. The van der Waals surface area contributed by atoms with Gasteiger partial charge in [-0.3, -0.25) is 4.79 Å². The summed E-state index contributed by atoms with van der Waals surface area (Å²) < 4.78 is 7.27. The van der Waals surface area contributed by atoms with Gasteiger partial charge in [0.15, 0.2) is 11.4 Å². The topological polar surface area (TPSA) is 114 Å². The van der Waals surface area contributed by atoms with Crippen LogP contribution < -0.4 is 16.0 Å². The Morgan fingerprint density at radius 3 is 2.56 bits per heavy atom. The van der Waals surface area contributed by atoms with Gasteiger partial charge in [0.2, 0.25) is 0 Å². The number of pyridine rings is 1. The van der Waals surface area contributed by atoms with Gasteiger partial charge in [0.05, 0.1) is 23.4 Å². The van der Waals surface area contributed by atoms with E-state index < -0.39 is 0 Å². The average Bonchev–Trinajstić information content (AvgIpc) is 3.43. The highest BCUT2D eigenvalue weighted by Gasteiger charge is 2.19. The molecule has 3 heterocycles. The van der Waals surface area contributed by atoms with Crippen LogP contribution in [0.4, 0.5) is 16.2 Å². The molecule has 0 fully saturated rings. The van der Waals surface area contributed by atoms with Gasteiger partial charge in [0.1, 0.15) is 5.69 Å². The third-order valence-electron chi connectivity index (χ3n) is 4.79. The summed E-state index contributed by atoms with van der Waals surface area (Å²) in [4.78, 5) is 29.7. The minimum atomic E-state index is -0.316. The van der Waals surface area contributed by atoms with Crippen molar-refractivity contribution in [1.82, 2.24) is 20.1 Å². The van der Waals surface area contributed by atoms with Gasteiger partial charge in [-0.15, -0.1) is 0 Å². The molecule has 0 spiro atoms. The second-order valence-corrected chi connectivity index (χ2v) is 7.47. The predicted octanol–water partition coefficient (Wildman–Crippen LogP) is 4.67. The Hall–Kier alpha value is -4.14. The van der Waals surface area contributed by atoms with Gasteiger partial charge in [-0.2, -0.15) is 5.10 Å². The summed E-state index contributed by atoms with van der Waals surface area (Å²) in [6.45, 7) is 6.35. The van der Waals surface area contributed by atoms with E-state index in [1.54, 1.807) is 59.6 Å². The summed E-state index contributed by atoms with van der Waals surface area (Å²) in [5.41, 5.74) is 2.69. The van der Waals surface area contributed by atoms with E-state index in [-0.39, 0.29) is 18.0 Å². The number of furan rings is 1. The van der Waals surface area contributed by atoms with Crippen molar-refractivity contribution in [2.45, 2.75) is 26.8 Å². The molecule has 0 atom stereocenters. The number of nitrogens with one attached hydrogen (secondary N) is 3. The maximum atomic E-state index is 13.3. The molecule has 164 valence electrons. The zero-order chi connectivity index (χ0) is 22.7. The fourth-order valence-corrected chi connectivity index (χ4v) is 3.34. The Labute approximate surface area is 184 Å². The van der Waals surface area contributed by atoms with E-state index in [0.29, 0.717) is 46.0 Å². The van der Waals surface area contributed by atoms with Gasteiger partial charge in [0, 0.05) is 24.0 Å². The Bertz CT molecular complexity index is 1260. The molecule has 0 saturated carbocycles. The molecule has 0 aliphatic heterocycles. The normalized spacial score (nSPS) is 11.0. The lowest BCUT2D eigenvalue weighted by Crippen LogP contribution is -2.28. The summed E-state index contributed by atoms with van der Waals surface area (Å²) >= 11 is 0. The molecule has 4 aromatic rings. The van der Waals surface area contributed by atoms with E-state index in [2.05, 4.69) is 26.0 Å². The number of carbonyl (C=O) groups excluding carboxylic acids is 2. The van der Waals surface area contributed by atoms with Crippen LogP contribution in [-0.2, 0) is 0 Å². The van der Waals surface area contributed by atoms with Gasteiger partial charge in [-0.05, 0) is 57.2 Å². The second kappa shape index (κ2) is 8.93. The number of benzene rings is 1. The number of rotatable bonds is 6. The van der Waals surface area contributed by atoms with Crippen LogP contribution in [0.15, 0.2) is 59.3 Å². The molecule has 9 heteroatoms. The largest absolute Gasteiger partial charge is 0.463 e. The first-order chi connectivity index (χ1) is 15.5. The third-order valence-corrected chi connectivity index (χ3v) is 4.79. The zero-order valence-electron chi connectivity index (χ0n) is 18.0. The third kappa shape index (κ3) is 4.31. The first-order valence-corrected chi connectivity index (χ1v) is 10.3. The highest BCUT2D eigenvalue weighted by molar-refractivity contribution is 6.12. The van der Waals surface area contributed by atoms with E-state index in [1.807, 2.05) is 20.8 Å². The number of nitrogens with zero attached hydrogens (tertiary/aromatic N) is 3. The Morgan fingerprint density at radius 1 is 1.09 bits per heavy atom. The van der Waals surface area contributed by atoms with Crippen molar-refractivity contribution < 1.29 is 14.0 Å². The number of hydrogen-bond donors (Lipinski definition) is 3. The molecule has 0 saturated heterocycles. The van der Waals surface area contributed by atoms with E-state index in [9.17, 15) is 9.59 Å². The molecule has 1 aromatic carbocycles. The number of urea groups is 1. The molecular formula is C23H24N6O3. The summed E-state index contributed by atoms with van der Waals surface area (Å²) in [7, 11) is 0. The second-order valence-electron chi connectivity index (χ2n) is 7.47. The fraction of sp³-hybridized carbons (Fsp3) is 0.217. The van der Waals surface area contributed by atoms with Crippen LogP contribution >= 0.6 is 0 Å². The van der Waals surface area contributed by atoms with E-state index >= 15 is 0 Å². The average molecular weight is 432 g/mol. The van der Waals surface area contributed by atoms with Crippen molar-refractivity contribution in [3.8, 4) is 11.5 Å². The van der Waals surface area contributed by atoms with Crippen LogP contribution in [0.3, 0.4) is 0 Å². The van der Waals surface area contributed by atoms with Crippen LogP contribution in [0.5, 0.6) is 0 Å². The molecule has 9 nitrogen and oxygen atoms in total. The molecule has 0 aliphatic rings. The summed E-state index contributed by atoms with van der Waals surface area (Å²) in [5.74, 6) is 0.245. The molecular weight excluding hydrogens is 408 g/mol. The predicted molar refractivity (Wildman–Crippen MR) is 123 cm³/mol. The molecule has 3 aromatic heterocycles. The molecule has 0 unspecified atom stereocenters. The molecule has 4 rings (SSSR count). The van der Waals surface area contributed by atoms with Crippen molar-refractivity contribution in [1.29, 1.82) is 0 Å². The SMILES string of the molecule is CCNC(=O)Nc1cccc(NC(=O)c2cc(-c3ccco3)nc3c2cnn3C(C)C)c1. The van der Waals surface area contributed by atoms with Crippen molar-refractivity contribution in [3.05, 3.63) is 60.5 Å². The molecule has 0 aliphatic carbocycles. The maximum Gasteiger partial charge on any atom is 0.319 e. The van der Waals surface area contributed by atoms with E-state index in [1.165, 1.54) is 0 Å². The number of fused-ring (bicyclic) bond motifs is 1. The minimum Gasteiger partial charge on any atom is -0.463 e. The van der Waals surface area contributed by atoms with Crippen LogP contribution in [0, 0.1) is 0 Å². The van der Waals surface area contributed by atoms with Gasteiger partial charge in [-0.25, -0.2) is 14.5 Å². The minimum absolute atomic E-state index is 0.0692. The van der Waals surface area contributed by atoms with Crippen LogP contribution in [-0.4, -0.2) is 33.2 Å². The monoisotopic (exact) mass is 432 g/mol.